The van der Waals surface area contributed by atoms with Gasteiger partial charge in [0, 0.05) is 25.8 Å². The molecular formula is C15H24N4O. The van der Waals surface area contributed by atoms with E-state index in [1.54, 1.807) is 16.9 Å². The van der Waals surface area contributed by atoms with Crippen molar-refractivity contribution >= 4 is 5.91 Å². The molecule has 1 atom stereocenters. The molecule has 5 nitrogen and oxygen atoms in total. The van der Waals surface area contributed by atoms with E-state index >= 15 is 0 Å². The van der Waals surface area contributed by atoms with Crippen LogP contribution in [0.25, 0.3) is 0 Å². The van der Waals surface area contributed by atoms with Crippen LogP contribution in [0.15, 0.2) is 24.9 Å². The van der Waals surface area contributed by atoms with Gasteiger partial charge in [-0.2, -0.15) is 5.10 Å². The third kappa shape index (κ3) is 4.20. The van der Waals surface area contributed by atoms with Gasteiger partial charge in [0.2, 0.25) is 0 Å². The lowest BCUT2D eigenvalue weighted by Gasteiger charge is -2.32. The summed E-state index contributed by atoms with van der Waals surface area (Å²) in [5.74, 6) is -0.0662. The Balaban J connectivity index is 1.80. The monoisotopic (exact) mass is 276 g/mol. The summed E-state index contributed by atoms with van der Waals surface area (Å²) in [6.45, 7) is 6.91. The Morgan fingerprint density at radius 3 is 3.20 bits per heavy atom. The maximum Gasteiger partial charge on any atom is 0.272 e. The molecule has 1 saturated heterocycles. The fraction of sp³-hybridized carbons (Fsp3) is 0.600. The summed E-state index contributed by atoms with van der Waals surface area (Å²) < 4.78 is 1.65. The van der Waals surface area contributed by atoms with Gasteiger partial charge in [-0.1, -0.05) is 6.08 Å². The Morgan fingerprint density at radius 1 is 1.65 bits per heavy atom. The first-order chi connectivity index (χ1) is 9.69. The first kappa shape index (κ1) is 14.8. The van der Waals surface area contributed by atoms with E-state index in [2.05, 4.69) is 21.9 Å². The van der Waals surface area contributed by atoms with E-state index in [1.807, 2.05) is 13.1 Å². The van der Waals surface area contributed by atoms with Crippen molar-refractivity contribution in [2.45, 2.75) is 31.7 Å². The van der Waals surface area contributed by atoms with Crippen LogP contribution in [-0.2, 0) is 7.05 Å². The summed E-state index contributed by atoms with van der Waals surface area (Å²) in [6, 6.07) is 1.99. The van der Waals surface area contributed by atoms with Gasteiger partial charge in [0.05, 0.1) is 0 Å². The average molecular weight is 276 g/mol. The normalized spacial score (nSPS) is 19.8. The molecule has 110 valence electrons. The highest BCUT2D eigenvalue weighted by Gasteiger charge is 2.22. The van der Waals surface area contributed by atoms with E-state index in [-0.39, 0.29) is 11.9 Å². The molecule has 1 aromatic heterocycles. The number of aromatic nitrogens is 2. The van der Waals surface area contributed by atoms with Gasteiger partial charge in [-0.3, -0.25) is 9.48 Å². The summed E-state index contributed by atoms with van der Waals surface area (Å²) in [5, 5.41) is 7.23. The molecule has 2 rings (SSSR count). The Morgan fingerprint density at radius 2 is 2.50 bits per heavy atom. The highest BCUT2D eigenvalue weighted by atomic mass is 16.2. The highest BCUT2D eigenvalue weighted by molar-refractivity contribution is 5.92. The van der Waals surface area contributed by atoms with E-state index in [0.717, 1.165) is 45.3 Å². The van der Waals surface area contributed by atoms with Gasteiger partial charge in [0.15, 0.2) is 0 Å². The largest absolute Gasteiger partial charge is 0.347 e. The fourth-order valence-corrected chi connectivity index (χ4v) is 2.63. The topological polar surface area (TPSA) is 50.2 Å². The second-order valence-corrected chi connectivity index (χ2v) is 5.42. The van der Waals surface area contributed by atoms with Crippen molar-refractivity contribution in [3.63, 3.8) is 0 Å². The maximum absolute atomic E-state index is 12.1. The van der Waals surface area contributed by atoms with Gasteiger partial charge in [-0.25, -0.2) is 0 Å². The quantitative estimate of drug-likeness (QED) is 0.634. The standard InChI is InChI=1S/C15H24N4O/c1-3-4-5-9-19-10-6-7-13(12-19)16-15(20)14-8-11-18(2)17-14/h3,8,11,13H,1,4-7,9-10,12H2,2H3,(H,16,20). The van der Waals surface area contributed by atoms with Crippen LogP contribution in [0, 0.1) is 0 Å². The van der Waals surface area contributed by atoms with Crippen molar-refractivity contribution in [2.24, 2.45) is 7.05 Å². The minimum absolute atomic E-state index is 0.0662. The average Bonchev–Trinajstić information content (AvgIpc) is 2.86. The van der Waals surface area contributed by atoms with Gasteiger partial charge in [0.25, 0.3) is 5.91 Å². The van der Waals surface area contributed by atoms with E-state index in [0.29, 0.717) is 5.69 Å². The summed E-state index contributed by atoms with van der Waals surface area (Å²) in [6.07, 6.45) is 8.14. The molecule has 0 spiro atoms. The van der Waals surface area contributed by atoms with Crippen LogP contribution in [0.3, 0.4) is 0 Å². The Kier molecular flexibility index (Phi) is 5.35. The zero-order chi connectivity index (χ0) is 14.4. The highest BCUT2D eigenvalue weighted by Crippen LogP contribution is 2.11. The van der Waals surface area contributed by atoms with Crippen LogP contribution in [0.4, 0.5) is 0 Å². The van der Waals surface area contributed by atoms with Gasteiger partial charge in [0.1, 0.15) is 5.69 Å². The molecule has 0 saturated carbocycles. The smallest absolute Gasteiger partial charge is 0.272 e. The van der Waals surface area contributed by atoms with Crippen LogP contribution < -0.4 is 5.32 Å². The summed E-state index contributed by atoms with van der Waals surface area (Å²) in [7, 11) is 1.82. The van der Waals surface area contributed by atoms with Crippen molar-refractivity contribution in [1.82, 2.24) is 20.0 Å². The van der Waals surface area contributed by atoms with E-state index in [1.165, 1.54) is 0 Å². The van der Waals surface area contributed by atoms with Crippen molar-refractivity contribution in [2.75, 3.05) is 19.6 Å². The van der Waals surface area contributed by atoms with Crippen molar-refractivity contribution in [1.29, 1.82) is 0 Å². The van der Waals surface area contributed by atoms with Gasteiger partial charge < -0.3 is 10.2 Å². The molecule has 5 heteroatoms. The Bertz CT molecular complexity index is 454. The number of carbonyl (C=O) groups excluding carboxylic acids is 1. The minimum Gasteiger partial charge on any atom is -0.347 e. The molecule has 1 aromatic rings. The zero-order valence-electron chi connectivity index (χ0n) is 12.2. The number of piperidine rings is 1. The van der Waals surface area contributed by atoms with Gasteiger partial charge in [-0.05, 0) is 44.8 Å². The van der Waals surface area contributed by atoms with E-state index in [9.17, 15) is 4.79 Å². The first-order valence-corrected chi connectivity index (χ1v) is 7.33. The number of likely N-dealkylation sites (tertiary alicyclic amines) is 1. The molecule has 0 radical (unpaired) electrons. The number of nitrogens with zero attached hydrogens (tertiary/aromatic N) is 3. The minimum atomic E-state index is -0.0662. The molecule has 1 fully saturated rings. The van der Waals surface area contributed by atoms with Crippen LogP contribution in [0.1, 0.15) is 36.2 Å². The van der Waals surface area contributed by atoms with Crippen molar-refractivity contribution in [3.8, 4) is 0 Å². The van der Waals surface area contributed by atoms with Gasteiger partial charge >= 0.3 is 0 Å². The molecule has 0 aliphatic carbocycles. The molecule has 1 amide bonds. The van der Waals surface area contributed by atoms with Crippen LogP contribution >= 0.6 is 0 Å². The Labute approximate surface area is 120 Å². The first-order valence-electron chi connectivity index (χ1n) is 7.33. The number of hydrogen-bond donors (Lipinski definition) is 1. The molecule has 20 heavy (non-hydrogen) atoms. The lowest BCUT2D eigenvalue weighted by atomic mass is 10.1. The number of amides is 1. The predicted octanol–water partition coefficient (Wildman–Crippen LogP) is 1.58. The number of carbonyl (C=O) groups is 1. The number of aryl methyl sites for hydroxylation is 1. The third-order valence-electron chi connectivity index (χ3n) is 3.67. The van der Waals surface area contributed by atoms with Crippen LogP contribution in [0.2, 0.25) is 0 Å². The number of nitrogens with one attached hydrogen (secondary N) is 1. The molecule has 1 N–H and O–H groups in total. The van der Waals surface area contributed by atoms with E-state index in [4.69, 9.17) is 0 Å². The molecule has 1 aliphatic rings. The van der Waals surface area contributed by atoms with Crippen LogP contribution in [-0.4, -0.2) is 46.3 Å². The zero-order valence-corrected chi connectivity index (χ0v) is 12.2. The lowest BCUT2D eigenvalue weighted by Crippen LogP contribution is -2.48. The number of unbranched alkanes of at least 4 members (excludes halogenated alkanes) is 1. The lowest BCUT2D eigenvalue weighted by molar-refractivity contribution is 0.0897. The van der Waals surface area contributed by atoms with Crippen molar-refractivity contribution < 1.29 is 4.79 Å². The van der Waals surface area contributed by atoms with Crippen LogP contribution in [0.5, 0.6) is 0 Å². The maximum atomic E-state index is 12.1. The Hall–Kier alpha value is -1.62. The molecule has 2 heterocycles. The molecular weight excluding hydrogens is 252 g/mol. The predicted molar refractivity (Wildman–Crippen MR) is 79.6 cm³/mol. The van der Waals surface area contributed by atoms with Crippen molar-refractivity contribution in [3.05, 3.63) is 30.6 Å². The number of hydrogen-bond acceptors (Lipinski definition) is 3. The molecule has 0 bridgehead atoms. The summed E-state index contributed by atoms with van der Waals surface area (Å²) in [4.78, 5) is 14.5. The second kappa shape index (κ2) is 7.24. The fourth-order valence-electron chi connectivity index (χ4n) is 2.63. The SMILES string of the molecule is C=CCCCN1CCCC(NC(=O)c2ccn(C)n2)C1. The second-order valence-electron chi connectivity index (χ2n) is 5.42. The third-order valence-corrected chi connectivity index (χ3v) is 3.67. The van der Waals surface area contributed by atoms with E-state index < -0.39 is 0 Å². The molecule has 1 unspecified atom stereocenters. The summed E-state index contributed by atoms with van der Waals surface area (Å²) >= 11 is 0. The number of allylic oxidation sites excluding steroid dienone is 1. The number of rotatable bonds is 6. The molecule has 0 aromatic carbocycles. The molecule has 1 aliphatic heterocycles. The summed E-state index contributed by atoms with van der Waals surface area (Å²) in [5.41, 5.74) is 0.497. The van der Waals surface area contributed by atoms with Gasteiger partial charge in [-0.15, -0.1) is 6.58 Å².